The number of aromatic nitrogens is 2. The van der Waals surface area contributed by atoms with Gasteiger partial charge in [-0.2, -0.15) is 16.9 Å². The summed E-state index contributed by atoms with van der Waals surface area (Å²) in [4.78, 5) is 11.7. The van der Waals surface area contributed by atoms with Crippen molar-refractivity contribution in [1.29, 1.82) is 0 Å². The molecular formula is C9H16N4OS. The highest BCUT2D eigenvalue weighted by atomic mass is 32.2. The van der Waals surface area contributed by atoms with Crippen molar-refractivity contribution >= 4 is 23.5 Å². The van der Waals surface area contributed by atoms with Crippen molar-refractivity contribution in [2.45, 2.75) is 19.1 Å². The molecule has 1 rings (SSSR count). The Morgan fingerprint density at radius 2 is 2.40 bits per heavy atom. The first-order valence-corrected chi connectivity index (χ1v) is 5.96. The van der Waals surface area contributed by atoms with E-state index >= 15 is 0 Å². The third kappa shape index (κ3) is 2.89. The van der Waals surface area contributed by atoms with Gasteiger partial charge >= 0.3 is 0 Å². The highest BCUT2D eigenvalue weighted by molar-refractivity contribution is 7.99. The number of nitrogens with two attached hydrogens (primary N) is 1. The van der Waals surface area contributed by atoms with Crippen molar-refractivity contribution in [2.75, 3.05) is 18.5 Å². The maximum atomic E-state index is 11.7. The summed E-state index contributed by atoms with van der Waals surface area (Å²) in [6.45, 7) is 4.46. The smallest absolute Gasteiger partial charge is 0.256 e. The van der Waals surface area contributed by atoms with Crippen molar-refractivity contribution < 1.29 is 4.79 Å². The summed E-state index contributed by atoms with van der Waals surface area (Å²) in [6.07, 6.45) is 2.01. The molecule has 84 valence electrons. The minimum atomic E-state index is -0.167. The van der Waals surface area contributed by atoms with Crippen LogP contribution in [0.4, 0.5) is 5.82 Å². The Morgan fingerprint density at radius 1 is 1.73 bits per heavy atom. The number of rotatable bonds is 4. The van der Waals surface area contributed by atoms with Gasteiger partial charge in [-0.3, -0.25) is 9.89 Å². The van der Waals surface area contributed by atoms with Gasteiger partial charge in [0.05, 0.1) is 0 Å². The number of hydrogen-bond donors (Lipinski definition) is 3. The van der Waals surface area contributed by atoms with Gasteiger partial charge in [0.25, 0.3) is 5.91 Å². The predicted octanol–water partition coefficient (Wildman–Crippen LogP) is 0.782. The summed E-state index contributed by atoms with van der Waals surface area (Å²) in [5.74, 6) is 0.0847. The largest absolute Gasteiger partial charge is 0.382 e. The molecule has 0 radical (unpaired) electrons. The molecule has 1 aromatic rings. The summed E-state index contributed by atoms with van der Waals surface area (Å²) in [5, 5.41) is 9.66. The molecule has 0 aliphatic carbocycles. The van der Waals surface area contributed by atoms with E-state index in [9.17, 15) is 4.79 Å². The number of hydrogen-bond acceptors (Lipinski definition) is 4. The zero-order valence-electron chi connectivity index (χ0n) is 9.13. The summed E-state index contributed by atoms with van der Waals surface area (Å²) in [5.41, 5.74) is 6.72. The van der Waals surface area contributed by atoms with Gasteiger partial charge < -0.3 is 11.1 Å². The first kappa shape index (κ1) is 11.9. The molecule has 0 aliphatic heterocycles. The molecule has 0 saturated heterocycles. The van der Waals surface area contributed by atoms with Crippen LogP contribution in [-0.4, -0.2) is 34.2 Å². The SMILES string of the molecule is CSC(C)CNC(=O)c1c(N)n[nH]c1C. The molecule has 0 bridgehead atoms. The van der Waals surface area contributed by atoms with E-state index < -0.39 is 0 Å². The second-order valence-electron chi connectivity index (χ2n) is 3.37. The number of aryl methyl sites for hydroxylation is 1. The number of amides is 1. The van der Waals surface area contributed by atoms with E-state index in [0.717, 1.165) is 0 Å². The normalized spacial score (nSPS) is 12.5. The van der Waals surface area contributed by atoms with E-state index in [1.807, 2.05) is 6.26 Å². The number of anilines is 1. The van der Waals surface area contributed by atoms with Crippen LogP contribution < -0.4 is 11.1 Å². The molecule has 4 N–H and O–H groups in total. The van der Waals surface area contributed by atoms with Crippen LogP contribution in [0.2, 0.25) is 0 Å². The fourth-order valence-corrected chi connectivity index (χ4v) is 1.39. The average molecular weight is 228 g/mol. The van der Waals surface area contributed by atoms with Gasteiger partial charge in [0.15, 0.2) is 5.82 Å². The molecule has 5 nitrogen and oxygen atoms in total. The van der Waals surface area contributed by atoms with E-state index in [0.29, 0.717) is 23.1 Å². The fourth-order valence-electron chi connectivity index (χ4n) is 1.14. The number of H-pyrrole nitrogens is 1. The van der Waals surface area contributed by atoms with Gasteiger partial charge in [-0.15, -0.1) is 0 Å². The molecule has 1 atom stereocenters. The van der Waals surface area contributed by atoms with Crippen LogP contribution in [0, 0.1) is 6.92 Å². The van der Waals surface area contributed by atoms with E-state index in [1.54, 1.807) is 18.7 Å². The van der Waals surface area contributed by atoms with Crippen LogP contribution >= 0.6 is 11.8 Å². The van der Waals surface area contributed by atoms with Crippen LogP contribution in [0.5, 0.6) is 0 Å². The van der Waals surface area contributed by atoms with Crippen LogP contribution in [0.25, 0.3) is 0 Å². The average Bonchev–Trinajstić information content (AvgIpc) is 2.54. The summed E-state index contributed by atoms with van der Waals surface area (Å²) in [7, 11) is 0. The quantitative estimate of drug-likeness (QED) is 0.711. The lowest BCUT2D eigenvalue weighted by molar-refractivity contribution is 0.0954. The molecule has 1 heterocycles. The summed E-state index contributed by atoms with van der Waals surface area (Å²) >= 11 is 1.70. The van der Waals surface area contributed by atoms with Crippen molar-refractivity contribution in [3.63, 3.8) is 0 Å². The zero-order chi connectivity index (χ0) is 11.4. The van der Waals surface area contributed by atoms with Gasteiger partial charge in [0, 0.05) is 17.5 Å². The number of aromatic amines is 1. The van der Waals surface area contributed by atoms with E-state index in [4.69, 9.17) is 5.73 Å². The predicted molar refractivity (Wildman–Crippen MR) is 63.0 cm³/mol. The molecule has 1 unspecified atom stereocenters. The van der Waals surface area contributed by atoms with Crippen molar-refractivity contribution in [3.05, 3.63) is 11.3 Å². The van der Waals surface area contributed by atoms with E-state index in [2.05, 4.69) is 22.4 Å². The Hall–Kier alpha value is -1.17. The molecule has 1 aromatic heterocycles. The van der Waals surface area contributed by atoms with Crippen molar-refractivity contribution in [1.82, 2.24) is 15.5 Å². The Bertz CT molecular complexity index is 330. The molecule has 0 saturated carbocycles. The summed E-state index contributed by atoms with van der Waals surface area (Å²) < 4.78 is 0. The number of carbonyl (C=O) groups is 1. The van der Waals surface area contributed by atoms with Crippen LogP contribution in [0.1, 0.15) is 23.0 Å². The highest BCUT2D eigenvalue weighted by Crippen LogP contribution is 2.12. The second-order valence-corrected chi connectivity index (χ2v) is 4.64. The first-order chi connectivity index (χ1) is 7.06. The van der Waals surface area contributed by atoms with E-state index in [1.165, 1.54) is 0 Å². The van der Waals surface area contributed by atoms with Crippen LogP contribution in [-0.2, 0) is 0 Å². The lowest BCUT2D eigenvalue weighted by Crippen LogP contribution is -2.30. The molecule has 0 aromatic carbocycles. The number of nitrogens with one attached hydrogen (secondary N) is 2. The topological polar surface area (TPSA) is 83.8 Å². The highest BCUT2D eigenvalue weighted by Gasteiger charge is 2.15. The minimum absolute atomic E-state index is 0.167. The van der Waals surface area contributed by atoms with Crippen molar-refractivity contribution in [2.24, 2.45) is 0 Å². The number of nitrogen functional groups attached to an aromatic ring is 1. The lowest BCUT2D eigenvalue weighted by Gasteiger charge is -2.09. The zero-order valence-corrected chi connectivity index (χ0v) is 9.94. The van der Waals surface area contributed by atoms with E-state index in [-0.39, 0.29) is 11.7 Å². The molecule has 15 heavy (non-hydrogen) atoms. The fraction of sp³-hybridized carbons (Fsp3) is 0.556. The standard InChI is InChI=1S/C9H16N4OS/c1-5(15-3)4-11-9(14)7-6(2)12-13-8(7)10/h5H,4H2,1-3H3,(H,11,14)(H3,10,12,13). The second kappa shape index (κ2) is 5.06. The van der Waals surface area contributed by atoms with Gasteiger partial charge in [-0.1, -0.05) is 6.92 Å². The lowest BCUT2D eigenvalue weighted by atomic mass is 10.2. The van der Waals surface area contributed by atoms with Crippen LogP contribution in [0.3, 0.4) is 0 Å². The Morgan fingerprint density at radius 3 is 2.87 bits per heavy atom. The first-order valence-electron chi connectivity index (χ1n) is 4.67. The van der Waals surface area contributed by atoms with Crippen molar-refractivity contribution in [3.8, 4) is 0 Å². The van der Waals surface area contributed by atoms with Gasteiger partial charge in [0.2, 0.25) is 0 Å². The van der Waals surface area contributed by atoms with Gasteiger partial charge in [-0.25, -0.2) is 0 Å². The number of carbonyl (C=O) groups excluding carboxylic acids is 1. The molecule has 6 heteroatoms. The maximum absolute atomic E-state index is 11.7. The van der Waals surface area contributed by atoms with Gasteiger partial charge in [-0.05, 0) is 13.2 Å². The number of thioether (sulfide) groups is 1. The molecule has 0 spiro atoms. The Labute approximate surface area is 93.2 Å². The molecular weight excluding hydrogens is 212 g/mol. The van der Waals surface area contributed by atoms with Gasteiger partial charge in [0.1, 0.15) is 5.56 Å². The number of nitrogens with zero attached hydrogens (tertiary/aromatic N) is 1. The summed E-state index contributed by atoms with van der Waals surface area (Å²) in [6, 6.07) is 0. The minimum Gasteiger partial charge on any atom is -0.382 e. The Kier molecular flexibility index (Phi) is 4.02. The molecule has 1 amide bonds. The molecule has 0 aliphatic rings. The van der Waals surface area contributed by atoms with Crippen LogP contribution in [0.15, 0.2) is 0 Å². The monoisotopic (exact) mass is 228 g/mol. The maximum Gasteiger partial charge on any atom is 0.256 e. The third-order valence-corrected chi connectivity index (χ3v) is 3.13. The molecule has 0 fully saturated rings. The third-order valence-electron chi connectivity index (χ3n) is 2.15. The Balaban J connectivity index is 2.62.